The first-order valence-electron chi connectivity index (χ1n) is 6.97. The van der Waals surface area contributed by atoms with Crippen LogP contribution in [0.5, 0.6) is 0 Å². The molecule has 0 saturated carbocycles. The predicted molar refractivity (Wildman–Crippen MR) is 88.8 cm³/mol. The van der Waals surface area contributed by atoms with Gasteiger partial charge >= 0.3 is 0 Å². The Labute approximate surface area is 138 Å². The van der Waals surface area contributed by atoms with Gasteiger partial charge in [-0.2, -0.15) is 0 Å². The van der Waals surface area contributed by atoms with Crippen LogP contribution in [0.25, 0.3) is 6.08 Å². The molecule has 0 saturated heterocycles. The molecular formula is C17H16ClFN2O2. The van der Waals surface area contributed by atoms with Crippen molar-refractivity contribution in [3.63, 3.8) is 0 Å². The van der Waals surface area contributed by atoms with E-state index in [2.05, 4.69) is 10.3 Å². The lowest BCUT2D eigenvalue weighted by atomic mass is 10.1. The number of halogens is 2. The molecule has 0 aliphatic rings. The van der Waals surface area contributed by atoms with E-state index in [4.69, 9.17) is 11.6 Å². The van der Waals surface area contributed by atoms with Gasteiger partial charge in [-0.3, -0.25) is 9.59 Å². The second kappa shape index (κ2) is 7.24. The van der Waals surface area contributed by atoms with Crippen molar-refractivity contribution in [2.24, 2.45) is 0 Å². The third kappa shape index (κ3) is 4.53. The quantitative estimate of drug-likeness (QED) is 0.844. The second-order valence-corrected chi connectivity index (χ2v) is 5.57. The van der Waals surface area contributed by atoms with Crippen molar-refractivity contribution >= 4 is 23.6 Å². The topological polar surface area (TPSA) is 62.0 Å². The molecule has 2 N–H and O–H groups in total. The lowest BCUT2D eigenvalue weighted by molar-refractivity contribution is -0.116. The van der Waals surface area contributed by atoms with Gasteiger partial charge in [-0.1, -0.05) is 17.7 Å². The molecule has 1 aromatic heterocycles. The Kier molecular flexibility index (Phi) is 5.34. The summed E-state index contributed by atoms with van der Waals surface area (Å²) in [5, 5.41) is 2.64. The van der Waals surface area contributed by atoms with Crippen molar-refractivity contribution in [3.8, 4) is 0 Å². The average Bonchev–Trinajstić information content (AvgIpc) is 2.47. The van der Waals surface area contributed by atoms with Gasteiger partial charge in [0, 0.05) is 23.9 Å². The van der Waals surface area contributed by atoms with Crippen LogP contribution in [0, 0.1) is 19.7 Å². The summed E-state index contributed by atoms with van der Waals surface area (Å²) in [7, 11) is 0. The summed E-state index contributed by atoms with van der Waals surface area (Å²) in [5.74, 6) is -0.868. The molecule has 0 atom stereocenters. The van der Waals surface area contributed by atoms with E-state index in [1.165, 1.54) is 30.4 Å². The smallest absolute Gasteiger partial charge is 0.253 e. The molecule has 1 amide bonds. The number of carbonyl (C=O) groups excluding carboxylic acids is 1. The number of pyridine rings is 1. The minimum Gasteiger partial charge on any atom is -0.348 e. The fraction of sp³-hybridized carbons (Fsp3) is 0.176. The van der Waals surface area contributed by atoms with Gasteiger partial charge in [0.05, 0.1) is 5.02 Å². The highest BCUT2D eigenvalue weighted by Crippen LogP contribution is 2.16. The summed E-state index contributed by atoms with van der Waals surface area (Å²) in [6.07, 6.45) is 2.83. The van der Waals surface area contributed by atoms with Crippen molar-refractivity contribution in [1.29, 1.82) is 0 Å². The van der Waals surface area contributed by atoms with Crippen molar-refractivity contribution in [2.75, 3.05) is 0 Å². The van der Waals surface area contributed by atoms with E-state index < -0.39 is 5.82 Å². The van der Waals surface area contributed by atoms with Crippen LogP contribution in [0.3, 0.4) is 0 Å². The van der Waals surface area contributed by atoms with Gasteiger partial charge in [-0.05, 0) is 49.2 Å². The number of amides is 1. The number of aromatic amines is 1. The zero-order valence-electron chi connectivity index (χ0n) is 12.7. The van der Waals surface area contributed by atoms with Crippen LogP contribution < -0.4 is 10.9 Å². The Bertz CT molecular complexity index is 828. The van der Waals surface area contributed by atoms with E-state index >= 15 is 0 Å². The van der Waals surface area contributed by atoms with Gasteiger partial charge < -0.3 is 10.3 Å². The summed E-state index contributed by atoms with van der Waals surface area (Å²) in [4.78, 5) is 26.4. The van der Waals surface area contributed by atoms with Crippen molar-refractivity contribution in [3.05, 3.63) is 73.9 Å². The van der Waals surface area contributed by atoms with Crippen molar-refractivity contribution < 1.29 is 9.18 Å². The predicted octanol–water partition coefficient (Wildman–Crippen LogP) is 3.11. The molecular weight excluding hydrogens is 319 g/mol. The number of hydrogen-bond acceptors (Lipinski definition) is 2. The molecule has 0 aliphatic carbocycles. The third-order valence-electron chi connectivity index (χ3n) is 3.30. The fourth-order valence-corrected chi connectivity index (χ4v) is 2.31. The summed E-state index contributed by atoms with van der Waals surface area (Å²) in [6.45, 7) is 3.75. The molecule has 0 aliphatic heterocycles. The molecule has 6 heteroatoms. The number of aryl methyl sites for hydroxylation is 2. The first kappa shape index (κ1) is 17.0. The summed E-state index contributed by atoms with van der Waals surface area (Å²) in [6, 6.07) is 6.02. The largest absolute Gasteiger partial charge is 0.348 e. The molecule has 0 unspecified atom stereocenters. The highest BCUT2D eigenvalue weighted by atomic mass is 35.5. The molecule has 0 radical (unpaired) electrons. The third-order valence-corrected chi connectivity index (χ3v) is 3.59. The standard InChI is InChI=1S/C17H16ClFN2O2/c1-10-7-11(2)21-17(23)13(10)9-20-16(22)6-4-12-3-5-15(19)14(18)8-12/h3-8H,9H2,1-2H3,(H,20,22)(H,21,23)/b6-4+. The van der Waals surface area contributed by atoms with Gasteiger partial charge in [-0.25, -0.2) is 4.39 Å². The molecule has 120 valence electrons. The molecule has 2 aromatic rings. The lowest BCUT2D eigenvalue weighted by Gasteiger charge is -2.06. The number of aromatic nitrogens is 1. The van der Waals surface area contributed by atoms with Gasteiger partial charge in [0.15, 0.2) is 0 Å². The molecule has 4 nitrogen and oxygen atoms in total. The highest BCUT2D eigenvalue weighted by Gasteiger charge is 2.06. The molecule has 0 fully saturated rings. The minimum atomic E-state index is -0.512. The zero-order valence-corrected chi connectivity index (χ0v) is 13.5. The van der Waals surface area contributed by atoms with Gasteiger partial charge in [0.2, 0.25) is 5.91 Å². The van der Waals surface area contributed by atoms with E-state index in [0.29, 0.717) is 11.1 Å². The molecule has 23 heavy (non-hydrogen) atoms. The number of benzene rings is 1. The van der Waals surface area contributed by atoms with Crippen LogP contribution >= 0.6 is 11.6 Å². The van der Waals surface area contributed by atoms with E-state index in [0.717, 1.165) is 11.3 Å². The Morgan fingerprint density at radius 3 is 2.74 bits per heavy atom. The van der Waals surface area contributed by atoms with E-state index in [1.807, 2.05) is 13.0 Å². The van der Waals surface area contributed by atoms with Crippen LogP contribution in [-0.4, -0.2) is 10.9 Å². The maximum absolute atomic E-state index is 13.0. The maximum atomic E-state index is 13.0. The summed E-state index contributed by atoms with van der Waals surface area (Å²) in [5.41, 5.74) is 2.51. The average molecular weight is 335 g/mol. The number of hydrogen-bond donors (Lipinski definition) is 2. The van der Waals surface area contributed by atoms with E-state index in [-0.39, 0.29) is 23.0 Å². The second-order valence-electron chi connectivity index (χ2n) is 5.17. The normalized spacial score (nSPS) is 11.0. The maximum Gasteiger partial charge on any atom is 0.253 e. The highest BCUT2D eigenvalue weighted by molar-refractivity contribution is 6.30. The Morgan fingerprint density at radius 1 is 1.35 bits per heavy atom. The minimum absolute atomic E-state index is 0.00521. The zero-order chi connectivity index (χ0) is 17.0. The summed E-state index contributed by atoms with van der Waals surface area (Å²) < 4.78 is 13.0. The SMILES string of the molecule is Cc1cc(C)c(CNC(=O)/C=C/c2ccc(F)c(Cl)c2)c(=O)[nH]1. The molecule has 1 aromatic carbocycles. The molecule has 0 bridgehead atoms. The van der Waals surface area contributed by atoms with Crippen LogP contribution in [0.15, 0.2) is 35.1 Å². The Hall–Kier alpha value is -2.40. The van der Waals surface area contributed by atoms with Crippen LogP contribution in [0.4, 0.5) is 4.39 Å². The first-order chi connectivity index (χ1) is 10.9. The lowest BCUT2D eigenvalue weighted by Crippen LogP contribution is -2.26. The number of carbonyl (C=O) groups is 1. The van der Waals surface area contributed by atoms with Crippen LogP contribution in [0.2, 0.25) is 5.02 Å². The van der Waals surface area contributed by atoms with Gasteiger partial charge in [-0.15, -0.1) is 0 Å². The molecule has 2 rings (SSSR count). The number of H-pyrrole nitrogens is 1. The van der Waals surface area contributed by atoms with Crippen molar-refractivity contribution in [1.82, 2.24) is 10.3 Å². The van der Waals surface area contributed by atoms with Crippen LogP contribution in [0.1, 0.15) is 22.4 Å². The van der Waals surface area contributed by atoms with Gasteiger partial charge in [0.25, 0.3) is 5.56 Å². The van der Waals surface area contributed by atoms with Gasteiger partial charge in [0.1, 0.15) is 5.82 Å². The first-order valence-corrected chi connectivity index (χ1v) is 7.35. The number of rotatable bonds is 4. The van der Waals surface area contributed by atoms with E-state index in [1.54, 1.807) is 6.92 Å². The molecule has 1 heterocycles. The Morgan fingerprint density at radius 2 is 2.09 bits per heavy atom. The Balaban J connectivity index is 2.01. The summed E-state index contributed by atoms with van der Waals surface area (Å²) >= 11 is 5.67. The van der Waals surface area contributed by atoms with Crippen LogP contribution in [-0.2, 0) is 11.3 Å². The van der Waals surface area contributed by atoms with E-state index in [9.17, 15) is 14.0 Å². The fourth-order valence-electron chi connectivity index (χ4n) is 2.12. The number of nitrogens with one attached hydrogen (secondary N) is 2. The van der Waals surface area contributed by atoms with Crippen molar-refractivity contribution in [2.45, 2.75) is 20.4 Å². The molecule has 0 spiro atoms. The monoisotopic (exact) mass is 334 g/mol.